The molecule has 2 heterocycles. The lowest BCUT2D eigenvalue weighted by atomic mass is 9.85. The van der Waals surface area contributed by atoms with Gasteiger partial charge in [-0.05, 0) is 54.9 Å². The fraction of sp³-hybridized carbons (Fsp3) is 0.444. The molecule has 1 aliphatic heterocycles. The number of rotatable bonds is 5. The van der Waals surface area contributed by atoms with Crippen LogP contribution in [0.3, 0.4) is 0 Å². The van der Waals surface area contributed by atoms with E-state index in [4.69, 9.17) is 4.74 Å². The van der Waals surface area contributed by atoms with Gasteiger partial charge in [0.25, 0.3) is 0 Å². The van der Waals surface area contributed by atoms with Crippen molar-refractivity contribution in [3.05, 3.63) is 51.7 Å². The minimum atomic E-state index is 0.398. The molecule has 2 nitrogen and oxygen atoms in total. The summed E-state index contributed by atoms with van der Waals surface area (Å²) < 4.78 is 5.83. The second-order valence-corrected chi connectivity index (χ2v) is 6.63. The van der Waals surface area contributed by atoms with Crippen LogP contribution in [0.4, 0.5) is 0 Å². The Morgan fingerprint density at radius 1 is 1.33 bits per heavy atom. The predicted molar refractivity (Wildman–Crippen MR) is 89.4 cm³/mol. The SMILES string of the molecule is CCCNC(c1sccc1C)C1CCOc2ccccc21. The van der Waals surface area contributed by atoms with Crippen molar-refractivity contribution in [1.82, 2.24) is 5.32 Å². The molecule has 1 aliphatic rings. The van der Waals surface area contributed by atoms with Crippen molar-refractivity contribution in [1.29, 1.82) is 0 Å². The van der Waals surface area contributed by atoms with E-state index in [0.717, 1.165) is 31.7 Å². The van der Waals surface area contributed by atoms with Gasteiger partial charge in [0.2, 0.25) is 0 Å². The van der Waals surface area contributed by atoms with Crippen LogP contribution >= 0.6 is 11.3 Å². The maximum absolute atomic E-state index is 5.83. The number of para-hydroxylation sites is 1. The van der Waals surface area contributed by atoms with E-state index in [1.165, 1.54) is 16.0 Å². The molecule has 2 atom stereocenters. The fourth-order valence-electron chi connectivity index (χ4n) is 3.14. The van der Waals surface area contributed by atoms with E-state index in [1.54, 1.807) is 0 Å². The minimum absolute atomic E-state index is 0.398. The Morgan fingerprint density at radius 2 is 2.19 bits per heavy atom. The second-order valence-electron chi connectivity index (χ2n) is 5.68. The van der Waals surface area contributed by atoms with Crippen LogP contribution in [0.15, 0.2) is 35.7 Å². The van der Waals surface area contributed by atoms with Crippen LogP contribution in [0.25, 0.3) is 0 Å². The number of aryl methyl sites for hydroxylation is 1. The van der Waals surface area contributed by atoms with Gasteiger partial charge in [-0.15, -0.1) is 11.3 Å². The highest BCUT2D eigenvalue weighted by Crippen LogP contribution is 2.43. The van der Waals surface area contributed by atoms with E-state index in [9.17, 15) is 0 Å². The summed E-state index contributed by atoms with van der Waals surface area (Å²) in [6.45, 7) is 6.32. The molecule has 3 heteroatoms. The molecule has 0 radical (unpaired) electrons. The van der Waals surface area contributed by atoms with Gasteiger partial charge in [-0.1, -0.05) is 25.1 Å². The highest BCUT2D eigenvalue weighted by Gasteiger charge is 2.30. The molecule has 0 spiro atoms. The molecule has 1 aromatic heterocycles. The van der Waals surface area contributed by atoms with Crippen LogP contribution in [-0.2, 0) is 0 Å². The largest absolute Gasteiger partial charge is 0.493 e. The molecule has 1 aromatic carbocycles. The summed E-state index contributed by atoms with van der Waals surface area (Å²) in [5, 5.41) is 5.98. The summed E-state index contributed by atoms with van der Waals surface area (Å²) in [6, 6.07) is 11.1. The Hall–Kier alpha value is -1.32. The Bertz CT molecular complexity index is 592. The third kappa shape index (κ3) is 2.99. The number of benzene rings is 1. The van der Waals surface area contributed by atoms with Crippen molar-refractivity contribution in [3.63, 3.8) is 0 Å². The molecule has 0 saturated carbocycles. The number of nitrogens with one attached hydrogen (secondary N) is 1. The number of ether oxygens (including phenoxy) is 1. The summed E-state index contributed by atoms with van der Waals surface area (Å²) in [4.78, 5) is 1.48. The smallest absolute Gasteiger partial charge is 0.122 e. The van der Waals surface area contributed by atoms with Crippen LogP contribution in [0, 0.1) is 6.92 Å². The topological polar surface area (TPSA) is 21.3 Å². The second kappa shape index (κ2) is 6.63. The lowest BCUT2D eigenvalue weighted by molar-refractivity contribution is 0.246. The summed E-state index contributed by atoms with van der Waals surface area (Å²) in [5.74, 6) is 1.56. The zero-order chi connectivity index (χ0) is 14.7. The highest BCUT2D eigenvalue weighted by atomic mass is 32.1. The first-order valence-corrected chi connectivity index (χ1v) is 8.68. The number of hydrogen-bond donors (Lipinski definition) is 1. The van der Waals surface area contributed by atoms with Gasteiger partial charge in [0, 0.05) is 16.8 Å². The molecular formula is C18H23NOS. The number of fused-ring (bicyclic) bond motifs is 1. The molecular weight excluding hydrogens is 278 g/mol. The van der Waals surface area contributed by atoms with Gasteiger partial charge in [-0.3, -0.25) is 0 Å². The van der Waals surface area contributed by atoms with Crippen molar-refractivity contribution in [2.24, 2.45) is 0 Å². The van der Waals surface area contributed by atoms with Crippen molar-refractivity contribution in [2.75, 3.05) is 13.2 Å². The summed E-state index contributed by atoms with van der Waals surface area (Å²) in [7, 11) is 0. The molecule has 0 fully saturated rings. The van der Waals surface area contributed by atoms with Crippen LogP contribution in [0.5, 0.6) is 5.75 Å². The Labute approximate surface area is 131 Å². The Kier molecular flexibility index (Phi) is 4.61. The van der Waals surface area contributed by atoms with Gasteiger partial charge in [-0.2, -0.15) is 0 Å². The fourth-order valence-corrected chi connectivity index (χ4v) is 4.20. The Morgan fingerprint density at radius 3 is 2.95 bits per heavy atom. The zero-order valence-electron chi connectivity index (χ0n) is 12.8. The predicted octanol–water partition coefficient (Wildman–Crippen LogP) is 4.66. The quantitative estimate of drug-likeness (QED) is 0.867. The normalized spacial score (nSPS) is 18.9. The van der Waals surface area contributed by atoms with E-state index in [0.29, 0.717) is 12.0 Å². The maximum Gasteiger partial charge on any atom is 0.122 e. The van der Waals surface area contributed by atoms with Gasteiger partial charge in [-0.25, -0.2) is 0 Å². The lowest BCUT2D eigenvalue weighted by Crippen LogP contribution is -2.30. The first kappa shape index (κ1) is 14.6. The van der Waals surface area contributed by atoms with Crippen molar-refractivity contribution >= 4 is 11.3 Å². The minimum Gasteiger partial charge on any atom is -0.493 e. The third-order valence-electron chi connectivity index (χ3n) is 4.21. The van der Waals surface area contributed by atoms with Gasteiger partial charge < -0.3 is 10.1 Å². The lowest BCUT2D eigenvalue weighted by Gasteiger charge is -2.33. The van der Waals surface area contributed by atoms with E-state index in [1.807, 2.05) is 11.3 Å². The molecule has 0 aliphatic carbocycles. The van der Waals surface area contributed by atoms with Crippen LogP contribution in [0.1, 0.15) is 47.7 Å². The zero-order valence-corrected chi connectivity index (χ0v) is 13.6. The average Bonchev–Trinajstić information content (AvgIpc) is 2.94. The van der Waals surface area contributed by atoms with Crippen LogP contribution < -0.4 is 10.1 Å². The number of thiophene rings is 1. The average molecular weight is 301 g/mol. The van der Waals surface area contributed by atoms with Crippen LogP contribution in [0.2, 0.25) is 0 Å². The van der Waals surface area contributed by atoms with E-state index < -0.39 is 0 Å². The van der Waals surface area contributed by atoms with Gasteiger partial charge in [0.15, 0.2) is 0 Å². The van der Waals surface area contributed by atoms with Crippen molar-refractivity contribution in [2.45, 2.75) is 38.6 Å². The van der Waals surface area contributed by atoms with Gasteiger partial charge in [0.05, 0.1) is 6.61 Å². The summed E-state index contributed by atoms with van der Waals surface area (Å²) in [5.41, 5.74) is 2.75. The summed E-state index contributed by atoms with van der Waals surface area (Å²) >= 11 is 1.87. The van der Waals surface area contributed by atoms with Gasteiger partial charge in [0.1, 0.15) is 5.75 Å². The van der Waals surface area contributed by atoms with Crippen molar-refractivity contribution < 1.29 is 4.74 Å². The third-order valence-corrected chi connectivity index (χ3v) is 5.31. The summed E-state index contributed by atoms with van der Waals surface area (Å²) in [6.07, 6.45) is 2.24. The standard InChI is InChI=1S/C18H23NOS/c1-3-10-19-17(18-13(2)9-12-21-18)15-8-11-20-16-7-5-4-6-14(15)16/h4-7,9,12,15,17,19H,3,8,10-11H2,1-2H3. The van der Waals surface area contributed by atoms with Gasteiger partial charge >= 0.3 is 0 Å². The maximum atomic E-state index is 5.83. The van der Waals surface area contributed by atoms with Crippen LogP contribution in [-0.4, -0.2) is 13.2 Å². The molecule has 0 saturated heterocycles. The molecule has 112 valence electrons. The van der Waals surface area contributed by atoms with Crippen molar-refractivity contribution in [3.8, 4) is 5.75 Å². The molecule has 0 bridgehead atoms. The van der Waals surface area contributed by atoms with E-state index >= 15 is 0 Å². The molecule has 2 aromatic rings. The highest BCUT2D eigenvalue weighted by molar-refractivity contribution is 7.10. The number of hydrogen-bond acceptors (Lipinski definition) is 3. The van der Waals surface area contributed by atoms with E-state index in [2.05, 4.69) is 54.9 Å². The molecule has 1 N–H and O–H groups in total. The molecule has 0 amide bonds. The molecule has 2 unspecified atom stereocenters. The monoisotopic (exact) mass is 301 g/mol. The first-order chi connectivity index (χ1) is 10.3. The molecule has 21 heavy (non-hydrogen) atoms. The molecule has 3 rings (SSSR count). The first-order valence-electron chi connectivity index (χ1n) is 7.80. The van der Waals surface area contributed by atoms with E-state index in [-0.39, 0.29) is 0 Å². The Balaban J connectivity index is 1.96.